The molecule has 0 radical (unpaired) electrons. The highest BCUT2D eigenvalue weighted by Gasteiger charge is 2.35. The lowest BCUT2D eigenvalue weighted by molar-refractivity contribution is -0.142. The monoisotopic (exact) mass is 307 g/mol. The molecule has 1 aliphatic rings. The van der Waals surface area contributed by atoms with E-state index in [4.69, 9.17) is 0 Å². The van der Waals surface area contributed by atoms with Gasteiger partial charge in [-0.15, -0.1) is 11.3 Å². The van der Waals surface area contributed by atoms with Gasteiger partial charge >= 0.3 is 12.0 Å². The summed E-state index contributed by atoms with van der Waals surface area (Å²) in [5.41, 5.74) is 1.48. The quantitative estimate of drug-likeness (QED) is 0.768. The Morgan fingerprint density at radius 3 is 3.10 bits per heavy atom. The molecule has 0 saturated carbocycles. The van der Waals surface area contributed by atoms with Gasteiger partial charge < -0.3 is 20.3 Å². The second-order valence-corrected chi connectivity index (χ2v) is 5.58. The van der Waals surface area contributed by atoms with Gasteiger partial charge in [-0.1, -0.05) is 0 Å². The average Bonchev–Trinajstić information content (AvgIpc) is 3.13. The van der Waals surface area contributed by atoms with Crippen molar-refractivity contribution in [1.29, 1.82) is 0 Å². The molecule has 9 heteroatoms. The van der Waals surface area contributed by atoms with Gasteiger partial charge in [-0.3, -0.25) is 0 Å². The summed E-state index contributed by atoms with van der Waals surface area (Å²) in [4.78, 5) is 36.0. The number of aromatic nitrogens is 3. The summed E-state index contributed by atoms with van der Waals surface area (Å²) in [5.74, 6) is -1.03. The van der Waals surface area contributed by atoms with Crippen molar-refractivity contribution >= 4 is 23.3 Å². The summed E-state index contributed by atoms with van der Waals surface area (Å²) in [6.45, 7) is 0.491. The van der Waals surface area contributed by atoms with E-state index < -0.39 is 18.0 Å². The molecule has 0 saturated heterocycles. The summed E-state index contributed by atoms with van der Waals surface area (Å²) in [6, 6.07) is -1.32. The zero-order valence-corrected chi connectivity index (χ0v) is 11.8. The first-order valence-electron chi connectivity index (χ1n) is 6.32. The molecule has 8 nitrogen and oxygen atoms in total. The second-order valence-electron chi connectivity index (χ2n) is 4.60. The van der Waals surface area contributed by atoms with Crippen LogP contribution in [0.4, 0.5) is 4.79 Å². The summed E-state index contributed by atoms with van der Waals surface area (Å²) < 4.78 is 0. The number of carboxylic acids is 1. The molecule has 2 aromatic rings. The van der Waals surface area contributed by atoms with Crippen LogP contribution in [-0.2, 0) is 24.3 Å². The summed E-state index contributed by atoms with van der Waals surface area (Å²) in [7, 11) is 0. The molecule has 3 rings (SSSR count). The minimum Gasteiger partial charge on any atom is -0.480 e. The summed E-state index contributed by atoms with van der Waals surface area (Å²) in [6.07, 6.45) is 3.38. The van der Waals surface area contributed by atoms with Crippen molar-refractivity contribution in [2.45, 2.75) is 25.6 Å². The van der Waals surface area contributed by atoms with Crippen molar-refractivity contribution in [1.82, 2.24) is 25.2 Å². The molecule has 1 aliphatic heterocycles. The van der Waals surface area contributed by atoms with Crippen molar-refractivity contribution < 1.29 is 14.7 Å². The van der Waals surface area contributed by atoms with E-state index in [-0.39, 0.29) is 19.5 Å². The Bertz CT molecular complexity index is 654. The first kappa shape index (κ1) is 13.6. The number of carboxylic acid groups (broad SMARTS) is 1. The van der Waals surface area contributed by atoms with Crippen molar-refractivity contribution in [3.63, 3.8) is 0 Å². The molecule has 0 bridgehead atoms. The minimum atomic E-state index is -1.03. The predicted octanol–water partition coefficient (Wildman–Crippen LogP) is 0.587. The molecule has 21 heavy (non-hydrogen) atoms. The maximum atomic E-state index is 12.2. The zero-order chi connectivity index (χ0) is 14.8. The van der Waals surface area contributed by atoms with E-state index >= 15 is 0 Å². The van der Waals surface area contributed by atoms with E-state index in [9.17, 15) is 14.7 Å². The van der Waals surface area contributed by atoms with Crippen LogP contribution in [-0.4, -0.2) is 43.0 Å². The molecule has 2 aromatic heterocycles. The van der Waals surface area contributed by atoms with E-state index in [1.54, 1.807) is 6.20 Å². The highest BCUT2D eigenvalue weighted by Crippen LogP contribution is 2.21. The van der Waals surface area contributed by atoms with Gasteiger partial charge in [0, 0.05) is 18.0 Å². The van der Waals surface area contributed by atoms with Gasteiger partial charge in [-0.25, -0.2) is 19.6 Å². The van der Waals surface area contributed by atoms with Crippen molar-refractivity contribution in [3.8, 4) is 0 Å². The number of fused-ring (bicyclic) bond motifs is 1. The summed E-state index contributed by atoms with van der Waals surface area (Å²) >= 11 is 1.43. The smallest absolute Gasteiger partial charge is 0.326 e. The fraction of sp³-hybridized carbons (Fsp3) is 0.333. The van der Waals surface area contributed by atoms with Crippen LogP contribution in [0.5, 0.6) is 0 Å². The number of urea groups is 1. The van der Waals surface area contributed by atoms with Crippen molar-refractivity contribution in [2.24, 2.45) is 0 Å². The van der Waals surface area contributed by atoms with Gasteiger partial charge in [0.15, 0.2) is 0 Å². The van der Waals surface area contributed by atoms with Gasteiger partial charge in [-0.05, 0) is 0 Å². The van der Waals surface area contributed by atoms with Crippen LogP contribution in [0.2, 0.25) is 0 Å². The van der Waals surface area contributed by atoms with Gasteiger partial charge in [0.25, 0.3) is 0 Å². The third kappa shape index (κ3) is 2.72. The number of rotatable bonds is 3. The number of aromatic amines is 1. The standard InChI is InChI=1S/C12H13N5O3S/c18-11(19)9-3-7-8(16-6-15-7)5-17(9)12(20)14-4-10-13-1-2-21-10/h1-2,6,9H,3-5H2,(H,14,20)(H,15,16)(H,18,19). The first-order chi connectivity index (χ1) is 10.1. The first-order valence-corrected chi connectivity index (χ1v) is 7.20. The van der Waals surface area contributed by atoms with Gasteiger partial charge in [0.2, 0.25) is 0 Å². The second kappa shape index (κ2) is 5.52. The number of imidazole rings is 1. The number of amides is 2. The van der Waals surface area contributed by atoms with Crippen molar-refractivity contribution in [2.75, 3.05) is 0 Å². The highest BCUT2D eigenvalue weighted by atomic mass is 32.1. The average molecular weight is 307 g/mol. The molecule has 3 heterocycles. The predicted molar refractivity (Wildman–Crippen MR) is 73.6 cm³/mol. The maximum Gasteiger partial charge on any atom is 0.326 e. The molecular weight excluding hydrogens is 294 g/mol. The lowest BCUT2D eigenvalue weighted by atomic mass is 10.0. The molecule has 2 amide bonds. The molecule has 1 unspecified atom stereocenters. The van der Waals surface area contributed by atoms with Gasteiger partial charge in [0.05, 0.1) is 30.8 Å². The van der Waals surface area contributed by atoms with E-state index in [2.05, 4.69) is 20.3 Å². The Morgan fingerprint density at radius 1 is 1.52 bits per heavy atom. The topological polar surface area (TPSA) is 111 Å². The van der Waals surface area contributed by atoms with Crippen LogP contribution in [0.25, 0.3) is 0 Å². The normalized spacial score (nSPS) is 17.3. The van der Waals surface area contributed by atoms with Crippen LogP contribution >= 0.6 is 11.3 Å². The Labute approximate surface area is 123 Å². The Morgan fingerprint density at radius 2 is 2.38 bits per heavy atom. The van der Waals surface area contributed by atoms with Crippen LogP contribution in [0.3, 0.4) is 0 Å². The third-order valence-corrected chi connectivity index (χ3v) is 4.10. The largest absolute Gasteiger partial charge is 0.480 e. The number of hydrogen-bond donors (Lipinski definition) is 3. The van der Waals surface area contributed by atoms with Crippen LogP contribution < -0.4 is 5.32 Å². The molecule has 0 spiro atoms. The number of aliphatic carboxylic acids is 1. The van der Waals surface area contributed by atoms with Crippen LogP contribution in [0.1, 0.15) is 16.4 Å². The number of nitrogens with one attached hydrogen (secondary N) is 2. The van der Waals surface area contributed by atoms with Crippen LogP contribution in [0, 0.1) is 0 Å². The van der Waals surface area contributed by atoms with Crippen LogP contribution in [0.15, 0.2) is 17.9 Å². The number of carbonyl (C=O) groups excluding carboxylic acids is 1. The number of thiazole rings is 1. The van der Waals surface area contributed by atoms with E-state index in [0.717, 1.165) is 10.7 Å². The van der Waals surface area contributed by atoms with E-state index in [0.29, 0.717) is 5.69 Å². The molecule has 3 N–H and O–H groups in total. The van der Waals surface area contributed by atoms with E-state index in [1.165, 1.54) is 22.6 Å². The van der Waals surface area contributed by atoms with E-state index in [1.807, 2.05) is 5.38 Å². The number of carbonyl (C=O) groups is 2. The third-order valence-electron chi connectivity index (χ3n) is 3.32. The number of H-pyrrole nitrogens is 1. The molecule has 0 aromatic carbocycles. The number of hydrogen-bond acceptors (Lipinski definition) is 5. The lowest BCUT2D eigenvalue weighted by Gasteiger charge is -2.32. The molecule has 110 valence electrons. The Hall–Kier alpha value is -2.42. The maximum absolute atomic E-state index is 12.2. The zero-order valence-electron chi connectivity index (χ0n) is 10.9. The molecule has 0 fully saturated rings. The van der Waals surface area contributed by atoms with Gasteiger partial charge in [0.1, 0.15) is 11.0 Å². The number of nitrogens with zero attached hydrogens (tertiary/aromatic N) is 3. The van der Waals surface area contributed by atoms with Gasteiger partial charge in [-0.2, -0.15) is 0 Å². The Balaban J connectivity index is 1.72. The van der Waals surface area contributed by atoms with Crippen molar-refractivity contribution in [3.05, 3.63) is 34.3 Å². The molecular formula is C12H13N5O3S. The highest BCUT2D eigenvalue weighted by molar-refractivity contribution is 7.09. The lowest BCUT2D eigenvalue weighted by Crippen LogP contribution is -2.52. The molecule has 1 atom stereocenters. The molecule has 0 aliphatic carbocycles. The minimum absolute atomic E-state index is 0.204. The Kier molecular flexibility index (Phi) is 3.57. The SMILES string of the molecule is O=C(O)C1Cc2nc[nH]c2CN1C(=O)NCc1nccs1. The fourth-order valence-electron chi connectivity index (χ4n) is 2.26. The fourth-order valence-corrected chi connectivity index (χ4v) is 2.82. The summed E-state index contributed by atoms with van der Waals surface area (Å²) in [5, 5.41) is 14.6.